The molecule has 0 aromatic heterocycles. The summed E-state index contributed by atoms with van der Waals surface area (Å²) in [6, 6.07) is 15.5. The number of guanidine groups is 1. The molecule has 0 fully saturated rings. The fraction of sp³-hybridized carbons (Fsp3) is 0.364. The summed E-state index contributed by atoms with van der Waals surface area (Å²) in [4.78, 5) is 16.6. The molecule has 2 aromatic carbocycles. The molecule has 6 heteroatoms. The van der Waals surface area contributed by atoms with Crippen LogP contribution < -0.4 is 20.7 Å². The summed E-state index contributed by atoms with van der Waals surface area (Å²) in [5.41, 5.74) is 2.85. The van der Waals surface area contributed by atoms with E-state index in [0.717, 1.165) is 23.8 Å². The number of aliphatic imine (C=N–C) groups is 1. The third-order valence-corrected chi connectivity index (χ3v) is 3.97. The molecule has 0 bridgehead atoms. The fourth-order valence-electron chi connectivity index (χ4n) is 2.56. The summed E-state index contributed by atoms with van der Waals surface area (Å²) in [5, 5.41) is 9.30. The second-order valence-electron chi connectivity index (χ2n) is 6.34. The van der Waals surface area contributed by atoms with Gasteiger partial charge in [0.05, 0.1) is 13.1 Å². The minimum absolute atomic E-state index is 0.0633. The molecule has 0 atom stereocenters. The van der Waals surface area contributed by atoms with E-state index in [1.165, 1.54) is 5.56 Å². The van der Waals surface area contributed by atoms with Gasteiger partial charge in [-0.2, -0.15) is 0 Å². The zero-order chi connectivity index (χ0) is 20.2. The van der Waals surface area contributed by atoms with E-state index in [4.69, 9.17) is 4.74 Å². The van der Waals surface area contributed by atoms with E-state index in [2.05, 4.69) is 27.9 Å². The van der Waals surface area contributed by atoms with Crippen molar-refractivity contribution in [3.8, 4) is 5.75 Å². The summed E-state index contributed by atoms with van der Waals surface area (Å²) in [5.74, 6) is 1.52. The molecule has 2 aromatic rings. The Hall–Kier alpha value is -3.02. The molecule has 28 heavy (non-hydrogen) atoms. The van der Waals surface area contributed by atoms with Crippen molar-refractivity contribution in [1.82, 2.24) is 16.0 Å². The van der Waals surface area contributed by atoms with Gasteiger partial charge in [0.1, 0.15) is 12.4 Å². The molecule has 0 heterocycles. The standard InChI is InChI=1S/C22H30N4O2/c1-4-23-21(27)19-8-6-7-18(15-19)16-26-22(24-5-2)25-13-14-28-20-11-9-17(3)10-12-20/h6-12,15H,4-5,13-14,16H2,1-3H3,(H,23,27)(H2,24,25,26). The first-order valence-electron chi connectivity index (χ1n) is 9.71. The van der Waals surface area contributed by atoms with E-state index in [9.17, 15) is 4.79 Å². The van der Waals surface area contributed by atoms with Crippen molar-refractivity contribution in [2.24, 2.45) is 4.99 Å². The zero-order valence-electron chi connectivity index (χ0n) is 16.9. The number of rotatable bonds is 9. The molecule has 0 aliphatic rings. The van der Waals surface area contributed by atoms with Gasteiger partial charge < -0.3 is 20.7 Å². The van der Waals surface area contributed by atoms with Gasteiger partial charge in [0.2, 0.25) is 0 Å². The summed E-state index contributed by atoms with van der Waals surface area (Å²) in [7, 11) is 0. The van der Waals surface area contributed by atoms with Crippen LogP contribution >= 0.6 is 0 Å². The van der Waals surface area contributed by atoms with Crippen molar-refractivity contribution in [2.45, 2.75) is 27.3 Å². The summed E-state index contributed by atoms with van der Waals surface area (Å²) >= 11 is 0. The van der Waals surface area contributed by atoms with Gasteiger partial charge in [-0.25, -0.2) is 4.99 Å². The minimum Gasteiger partial charge on any atom is -0.492 e. The average molecular weight is 383 g/mol. The number of carbonyl (C=O) groups excluding carboxylic acids is 1. The molecular formula is C22H30N4O2. The Kier molecular flexibility index (Phi) is 8.85. The van der Waals surface area contributed by atoms with Crippen LogP contribution in [0.1, 0.15) is 35.3 Å². The first kappa shape index (κ1) is 21.3. The van der Waals surface area contributed by atoms with Crippen LogP contribution in [0.25, 0.3) is 0 Å². The predicted octanol–water partition coefficient (Wildman–Crippen LogP) is 2.88. The lowest BCUT2D eigenvalue weighted by molar-refractivity contribution is 0.0955. The lowest BCUT2D eigenvalue weighted by atomic mass is 10.1. The number of hydrogen-bond acceptors (Lipinski definition) is 3. The molecule has 0 aliphatic heterocycles. The molecule has 0 unspecified atom stereocenters. The van der Waals surface area contributed by atoms with E-state index >= 15 is 0 Å². The third kappa shape index (κ3) is 7.31. The van der Waals surface area contributed by atoms with Gasteiger partial charge in [0, 0.05) is 18.7 Å². The van der Waals surface area contributed by atoms with Gasteiger partial charge >= 0.3 is 0 Å². The highest BCUT2D eigenvalue weighted by Crippen LogP contribution is 2.10. The number of aryl methyl sites for hydroxylation is 1. The Bertz CT molecular complexity index is 772. The van der Waals surface area contributed by atoms with Gasteiger partial charge in [0.15, 0.2) is 5.96 Å². The lowest BCUT2D eigenvalue weighted by Crippen LogP contribution is -2.39. The second-order valence-corrected chi connectivity index (χ2v) is 6.34. The lowest BCUT2D eigenvalue weighted by Gasteiger charge is -2.12. The summed E-state index contributed by atoms with van der Waals surface area (Å²) < 4.78 is 5.73. The van der Waals surface area contributed by atoms with Gasteiger partial charge in [0.25, 0.3) is 5.91 Å². The normalized spacial score (nSPS) is 11.0. The maximum absolute atomic E-state index is 12.0. The molecular weight excluding hydrogens is 352 g/mol. The van der Waals surface area contributed by atoms with E-state index in [0.29, 0.717) is 31.8 Å². The van der Waals surface area contributed by atoms with Crippen LogP contribution in [0.4, 0.5) is 0 Å². The number of nitrogens with one attached hydrogen (secondary N) is 3. The maximum atomic E-state index is 12.0. The maximum Gasteiger partial charge on any atom is 0.251 e. The minimum atomic E-state index is -0.0633. The monoisotopic (exact) mass is 382 g/mol. The molecule has 0 saturated heterocycles. The van der Waals surface area contributed by atoms with Crippen LogP contribution in [0, 0.1) is 6.92 Å². The van der Waals surface area contributed by atoms with E-state index in [1.807, 2.05) is 62.4 Å². The largest absolute Gasteiger partial charge is 0.492 e. The smallest absolute Gasteiger partial charge is 0.251 e. The molecule has 0 saturated carbocycles. The number of amides is 1. The predicted molar refractivity (Wildman–Crippen MR) is 114 cm³/mol. The van der Waals surface area contributed by atoms with Crippen molar-refractivity contribution in [3.05, 3.63) is 65.2 Å². The Balaban J connectivity index is 1.86. The first-order valence-corrected chi connectivity index (χ1v) is 9.71. The Morgan fingerprint density at radius 2 is 1.75 bits per heavy atom. The summed E-state index contributed by atoms with van der Waals surface area (Å²) in [6.45, 7) is 9.03. The average Bonchev–Trinajstić information content (AvgIpc) is 2.71. The third-order valence-electron chi connectivity index (χ3n) is 3.97. The highest BCUT2D eigenvalue weighted by Gasteiger charge is 2.05. The quantitative estimate of drug-likeness (QED) is 0.354. The number of benzene rings is 2. The Labute approximate surface area is 167 Å². The van der Waals surface area contributed by atoms with Crippen LogP contribution in [-0.2, 0) is 6.54 Å². The highest BCUT2D eigenvalue weighted by atomic mass is 16.5. The van der Waals surface area contributed by atoms with Crippen molar-refractivity contribution in [1.29, 1.82) is 0 Å². The number of nitrogens with zero attached hydrogens (tertiary/aromatic N) is 1. The van der Waals surface area contributed by atoms with Crippen LogP contribution in [-0.4, -0.2) is 38.1 Å². The van der Waals surface area contributed by atoms with Crippen molar-refractivity contribution in [2.75, 3.05) is 26.2 Å². The first-order chi connectivity index (χ1) is 13.6. The molecule has 150 valence electrons. The summed E-state index contributed by atoms with van der Waals surface area (Å²) in [6.07, 6.45) is 0. The van der Waals surface area contributed by atoms with E-state index < -0.39 is 0 Å². The molecule has 6 nitrogen and oxygen atoms in total. The Morgan fingerprint density at radius 3 is 2.46 bits per heavy atom. The topological polar surface area (TPSA) is 74.8 Å². The van der Waals surface area contributed by atoms with Crippen molar-refractivity contribution in [3.63, 3.8) is 0 Å². The zero-order valence-corrected chi connectivity index (χ0v) is 16.9. The fourth-order valence-corrected chi connectivity index (χ4v) is 2.56. The molecule has 0 radical (unpaired) electrons. The Morgan fingerprint density at radius 1 is 1.00 bits per heavy atom. The highest BCUT2D eigenvalue weighted by molar-refractivity contribution is 5.94. The van der Waals surface area contributed by atoms with Gasteiger partial charge in [-0.05, 0) is 50.6 Å². The van der Waals surface area contributed by atoms with Crippen molar-refractivity contribution < 1.29 is 9.53 Å². The second kappa shape index (κ2) is 11.6. The van der Waals surface area contributed by atoms with Crippen LogP contribution in [0.3, 0.4) is 0 Å². The molecule has 1 amide bonds. The number of hydrogen-bond donors (Lipinski definition) is 3. The number of carbonyl (C=O) groups is 1. The number of ether oxygens (including phenoxy) is 1. The molecule has 3 N–H and O–H groups in total. The van der Waals surface area contributed by atoms with Gasteiger partial charge in [-0.3, -0.25) is 4.79 Å². The molecule has 0 spiro atoms. The van der Waals surface area contributed by atoms with Gasteiger partial charge in [-0.15, -0.1) is 0 Å². The van der Waals surface area contributed by atoms with E-state index in [1.54, 1.807) is 0 Å². The van der Waals surface area contributed by atoms with Gasteiger partial charge in [-0.1, -0.05) is 29.8 Å². The SMILES string of the molecule is CCNC(=O)c1cccc(CN=C(NCC)NCCOc2ccc(C)cc2)c1. The van der Waals surface area contributed by atoms with Crippen molar-refractivity contribution >= 4 is 11.9 Å². The van der Waals surface area contributed by atoms with E-state index in [-0.39, 0.29) is 5.91 Å². The molecule has 0 aliphatic carbocycles. The molecule has 2 rings (SSSR count). The van der Waals surface area contributed by atoms with Crippen LogP contribution in [0.2, 0.25) is 0 Å². The van der Waals surface area contributed by atoms with Crippen LogP contribution in [0.5, 0.6) is 5.75 Å². The van der Waals surface area contributed by atoms with Crippen LogP contribution in [0.15, 0.2) is 53.5 Å².